The number of pyridine rings is 3. The largest absolute Gasteiger partial charge is 0.350 e. The number of fused-ring (bicyclic) bond motifs is 1. The minimum absolute atomic E-state index is 0.167. The summed E-state index contributed by atoms with van der Waals surface area (Å²) < 4.78 is 29.0. The molecule has 0 radical (unpaired) electrons. The second kappa shape index (κ2) is 11.2. The number of halogens is 2. The average molecular weight is 549 g/mol. The van der Waals surface area contributed by atoms with Crippen molar-refractivity contribution in [2.75, 3.05) is 31.3 Å². The number of carbonyl (C=O) groups is 1. The smallest absolute Gasteiger partial charge is 0.280 e. The second-order valence-electron chi connectivity index (χ2n) is 9.63. The van der Waals surface area contributed by atoms with Crippen molar-refractivity contribution in [2.24, 2.45) is 0 Å². The fourth-order valence-corrected chi connectivity index (χ4v) is 5.40. The summed E-state index contributed by atoms with van der Waals surface area (Å²) in [5.41, 5.74) is 4.35. The third kappa shape index (κ3) is 5.86. The van der Waals surface area contributed by atoms with Gasteiger partial charge in [-0.2, -0.15) is 0 Å². The van der Waals surface area contributed by atoms with Gasteiger partial charge < -0.3 is 15.5 Å². The van der Waals surface area contributed by atoms with E-state index in [-0.39, 0.29) is 19.0 Å². The van der Waals surface area contributed by atoms with Crippen LogP contribution in [0, 0.1) is 6.92 Å². The molecule has 0 bridgehead atoms. The molecular formula is C29H30F2N6OS. The van der Waals surface area contributed by atoms with E-state index in [1.807, 2.05) is 61.7 Å². The molecule has 3 aromatic heterocycles. The Morgan fingerprint density at radius 2 is 1.95 bits per heavy atom. The van der Waals surface area contributed by atoms with Crippen LogP contribution < -0.4 is 15.5 Å². The molecule has 1 aromatic carbocycles. The minimum atomic E-state index is -2.85. The molecule has 1 amide bonds. The molecule has 0 saturated carbocycles. The van der Waals surface area contributed by atoms with Crippen LogP contribution in [0.25, 0.3) is 22.3 Å². The first-order chi connectivity index (χ1) is 18.8. The van der Waals surface area contributed by atoms with E-state index in [0.717, 1.165) is 15.8 Å². The Balaban J connectivity index is 1.33. The molecule has 1 unspecified atom stereocenters. The van der Waals surface area contributed by atoms with Crippen LogP contribution in [-0.2, 0) is 6.54 Å². The molecule has 1 fully saturated rings. The molecule has 1 atom stereocenters. The third-order valence-electron chi connectivity index (χ3n) is 7.00. The first kappa shape index (κ1) is 27.0. The monoisotopic (exact) mass is 548 g/mol. The number of aromatic nitrogens is 3. The predicted molar refractivity (Wildman–Crippen MR) is 152 cm³/mol. The number of thioether (sulfide) groups is 1. The quantitative estimate of drug-likeness (QED) is 0.312. The van der Waals surface area contributed by atoms with Gasteiger partial charge in [0.2, 0.25) is 0 Å². The zero-order valence-electron chi connectivity index (χ0n) is 22.0. The van der Waals surface area contributed by atoms with Crippen molar-refractivity contribution in [3.05, 3.63) is 77.6 Å². The number of amides is 1. The van der Waals surface area contributed by atoms with Gasteiger partial charge >= 0.3 is 0 Å². The molecule has 4 aromatic rings. The van der Waals surface area contributed by atoms with Crippen molar-refractivity contribution in [1.29, 1.82) is 0 Å². The number of hydrogen-bond donors (Lipinski definition) is 2. The Morgan fingerprint density at radius 1 is 1.13 bits per heavy atom. The lowest BCUT2D eigenvalue weighted by atomic mass is 10.0. The molecule has 0 aliphatic carbocycles. The summed E-state index contributed by atoms with van der Waals surface area (Å²) >= 11 is 1.61. The van der Waals surface area contributed by atoms with Crippen molar-refractivity contribution in [3.8, 4) is 11.4 Å². The van der Waals surface area contributed by atoms with E-state index in [1.54, 1.807) is 36.0 Å². The van der Waals surface area contributed by atoms with Crippen molar-refractivity contribution in [2.45, 2.75) is 36.7 Å². The van der Waals surface area contributed by atoms with Crippen LogP contribution >= 0.6 is 11.8 Å². The summed E-state index contributed by atoms with van der Waals surface area (Å²) in [4.78, 5) is 29.3. The lowest BCUT2D eigenvalue weighted by Crippen LogP contribution is -2.56. The van der Waals surface area contributed by atoms with E-state index in [9.17, 15) is 13.6 Å². The van der Waals surface area contributed by atoms with Crippen LogP contribution in [0.4, 0.5) is 14.6 Å². The zero-order valence-corrected chi connectivity index (χ0v) is 22.9. The molecule has 1 aliphatic heterocycles. The van der Waals surface area contributed by atoms with Crippen LogP contribution in [-0.4, -0.2) is 59.2 Å². The fraction of sp³-hybridized carbons (Fsp3) is 0.310. The number of carbonyl (C=O) groups excluding carboxylic acids is 1. The summed E-state index contributed by atoms with van der Waals surface area (Å²) in [5.74, 6) is -2.51. The molecule has 39 heavy (non-hydrogen) atoms. The van der Waals surface area contributed by atoms with E-state index < -0.39 is 12.0 Å². The Kier molecular flexibility index (Phi) is 7.76. The SMILES string of the molecule is CNC1CCN(c2cccc(-c3ccc4cnc(CNC(=O)c5ccc(C)c(SC)c5)cc4n3)n2)CC1(F)F. The summed E-state index contributed by atoms with van der Waals surface area (Å²) in [5, 5.41) is 6.50. The van der Waals surface area contributed by atoms with Crippen LogP contribution in [0.3, 0.4) is 0 Å². The van der Waals surface area contributed by atoms with Crippen LogP contribution in [0.15, 0.2) is 65.7 Å². The average Bonchev–Trinajstić information content (AvgIpc) is 2.95. The number of hydrogen-bond acceptors (Lipinski definition) is 7. The van der Waals surface area contributed by atoms with E-state index in [0.29, 0.717) is 46.9 Å². The van der Waals surface area contributed by atoms with Gasteiger partial charge in [-0.25, -0.2) is 18.7 Å². The number of benzene rings is 1. The van der Waals surface area contributed by atoms with Gasteiger partial charge in [0, 0.05) is 28.6 Å². The lowest BCUT2D eigenvalue weighted by molar-refractivity contribution is -0.0404. The molecule has 7 nitrogen and oxygen atoms in total. The van der Waals surface area contributed by atoms with Gasteiger partial charge in [-0.1, -0.05) is 12.1 Å². The summed E-state index contributed by atoms with van der Waals surface area (Å²) in [7, 11) is 1.57. The standard InChI is InChI=1S/C29H30F2N6OS/c1-18-7-8-19(13-25(18)39-3)28(38)34-16-21-14-24-20(15-33-21)9-10-23(35-24)22-5-4-6-27(36-22)37-12-11-26(32-2)29(30,31)17-37/h4-10,13-15,26,32H,11-12,16-17H2,1-3H3,(H,34,38). The van der Waals surface area contributed by atoms with Gasteiger partial charge in [0.15, 0.2) is 0 Å². The van der Waals surface area contributed by atoms with Crippen molar-refractivity contribution >= 4 is 34.4 Å². The molecule has 10 heteroatoms. The number of alkyl halides is 2. The number of piperidine rings is 1. The molecule has 0 spiro atoms. The van der Waals surface area contributed by atoms with E-state index in [4.69, 9.17) is 4.98 Å². The molecule has 1 aliphatic rings. The van der Waals surface area contributed by atoms with Crippen molar-refractivity contribution in [1.82, 2.24) is 25.6 Å². The third-order valence-corrected chi connectivity index (χ3v) is 7.88. The predicted octanol–water partition coefficient (Wildman–Crippen LogP) is 5.09. The van der Waals surface area contributed by atoms with Gasteiger partial charge in [0.1, 0.15) is 5.82 Å². The Bertz CT molecular complexity index is 1510. The maximum absolute atomic E-state index is 14.5. The maximum Gasteiger partial charge on any atom is 0.280 e. The number of anilines is 1. The first-order valence-electron chi connectivity index (χ1n) is 12.7. The first-order valence-corrected chi connectivity index (χ1v) is 14.0. The summed E-state index contributed by atoms with van der Waals surface area (Å²) in [6.45, 7) is 2.38. The minimum Gasteiger partial charge on any atom is -0.350 e. The molecule has 202 valence electrons. The number of rotatable bonds is 7. The van der Waals surface area contributed by atoms with E-state index >= 15 is 0 Å². The molecular weight excluding hydrogens is 518 g/mol. The Morgan fingerprint density at radius 3 is 2.72 bits per heavy atom. The van der Waals surface area contributed by atoms with E-state index in [1.165, 1.54) is 0 Å². The number of nitrogens with zero attached hydrogens (tertiary/aromatic N) is 4. The zero-order chi connectivity index (χ0) is 27.6. The lowest BCUT2D eigenvalue weighted by Gasteiger charge is -2.38. The summed E-state index contributed by atoms with van der Waals surface area (Å²) in [6, 6.07) is 15.8. The highest BCUT2D eigenvalue weighted by Gasteiger charge is 2.44. The fourth-order valence-electron chi connectivity index (χ4n) is 4.76. The Hall–Kier alpha value is -3.63. The highest BCUT2D eigenvalue weighted by atomic mass is 32.2. The summed E-state index contributed by atoms with van der Waals surface area (Å²) in [6.07, 6.45) is 4.04. The maximum atomic E-state index is 14.5. The van der Waals surface area contributed by atoms with E-state index in [2.05, 4.69) is 20.6 Å². The normalized spacial score (nSPS) is 16.8. The molecule has 2 N–H and O–H groups in total. The van der Waals surface area contributed by atoms with Gasteiger partial charge in [-0.15, -0.1) is 11.8 Å². The van der Waals surface area contributed by atoms with Gasteiger partial charge in [-0.3, -0.25) is 9.78 Å². The van der Waals surface area contributed by atoms with Gasteiger partial charge in [-0.05, 0) is 74.7 Å². The van der Waals surface area contributed by atoms with Gasteiger partial charge in [0.05, 0.1) is 41.7 Å². The molecule has 5 rings (SSSR count). The highest BCUT2D eigenvalue weighted by Crippen LogP contribution is 2.31. The number of nitrogens with one attached hydrogen (secondary N) is 2. The van der Waals surface area contributed by atoms with Crippen LogP contribution in [0.1, 0.15) is 28.0 Å². The van der Waals surface area contributed by atoms with Crippen molar-refractivity contribution < 1.29 is 13.6 Å². The second-order valence-corrected chi connectivity index (χ2v) is 10.5. The highest BCUT2D eigenvalue weighted by molar-refractivity contribution is 7.98. The van der Waals surface area contributed by atoms with Gasteiger partial charge in [0.25, 0.3) is 11.8 Å². The molecule has 4 heterocycles. The number of aryl methyl sites for hydroxylation is 1. The topological polar surface area (TPSA) is 83.0 Å². The van der Waals surface area contributed by atoms with Crippen LogP contribution in [0.2, 0.25) is 0 Å². The van der Waals surface area contributed by atoms with Crippen molar-refractivity contribution in [3.63, 3.8) is 0 Å². The Labute approximate surface area is 230 Å². The molecule has 1 saturated heterocycles. The van der Waals surface area contributed by atoms with Crippen LogP contribution in [0.5, 0.6) is 0 Å².